The molecule has 0 N–H and O–H groups in total. The van der Waals surface area contributed by atoms with Crippen LogP contribution in [0, 0.1) is 0 Å². The minimum atomic E-state index is -0.565. The zero-order valence-electron chi connectivity index (χ0n) is 18.8. The van der Waals surface area contributed by atoms with Crippen molar-refractivity contribution in [2.75, 3.05) is 7.11 Å². The predicted molar refractivity (Wildman–Crippen MR) is 129 cm³/mol. The fourth-order valence-electron chi connectivity index (χ4n) is 4.51. The Morgan fingerprint density at radius 1 is 1.00 bits per heavy atom. The van der Waals surface area contributed by atoms with Gasteiger partial charge in [-0.05, 0) is 60.9 Å². The van der Waals surface area contributed by atoms with Gasteiger partial charge in [0.2, 0.25) is 0 Å². The van der Waals surface area contributed by atoms with E-state index in [4.69, 9.17) is 21.9 Å². The molecule has 0 atom stereocenters. The van der Waals surface area contributed by atoms with Crippen LogP contribution >= 0.6 is 12.2 Å². The molecule has 1 aliphatic carbocycles. The molecule has 2 aliphatic rings. The molecule has 2 aromatic rings. The largest absolute Gasteiger partial charge is 0.497 e. The van der Waals surface area contributed by atoms with E-state index in [1.807, 2.05) is 12.1 Å². The number of amides is 1. The number of carbonyl (C=O) groups excluding carboxylic acids is 1. The average Bonchev–Trinajstić information content (AvgIpc) is 3.04. The van der Waals surface area contributed by atoms with E-state index in [1.54, 1.807) is 24.1 Å². The van der Waals surface area contributed by atoms with Gasteiger partial charge >= 0.3 is 0 Å². The normalized spacial score (nSPS) is 18.3. The second-order valence-corrected chi connectivity index (χ2v) is 9.89. The van der Waals surface area contributed by atoms with Gasteiger partial charge in [0.05, 0.1) is 7.11 Å². The van der Waals surface area contributed by atoms with Crippen molar-refractivity contribution >= 4 is 28.8 Å². The third kappa shape index (κ3) is 4.03. The SMILES string of the molecule is COc1ccc(C(=O)N2C(=S)C(c3ccc(C(C)(C)C)cc3)=NC23CCCCC3)cc1. The number of hydrogen-bond acceptors (Lipinski definition) is 4. The average molecular weight is 435 g/mol. The van der Waals surface area contributed by atoms with Crippen LogP contribution in [-0.4, -0.2) is 34.3 Å². The fourth-order valence-corrected chi connectivity index (χ4v) is 4.93. The van der Waals surface area contributed by atoms with E-state index >= 15 is 0 Å². The molecule has 2 aromatic carbocycles. The van der Waals surface area contributed by atoms with Crippen molar-refractivity contribution in [2.45, 2.75) is 64.0 Å². The number of aliphatic imine (C=N–C) groups is 1. The maximum absolute atomic E-state index is 13.6. The number of thiocarbonyl (C=S) groups is 1. The van der Waals surface area contributed by atoms with Crippen molar-refractivity contribution in [1.29, 1.82) is 0 Å². The van der Waals surface area contributed by atoms with Crippen LogP contribution in [0.1, 0.15) is 74.4 Å². The van der Waals surface area contributed by atoms with Gasteiger partial charge in [0.15, 0.2) is 0 Å². The Hall–Kier alpha value is -2.53. The van der Waals surface area contributed by atoms with Crippen LogP contribution in [-0.2, 0) is 5.41 Å². The molecule has 1 spiro atoms. The van der Waals surface area contributed by atoms with Crippen LogP contribution in [0.5, 0.6) is 5.75 Å². The molecule has 1 aliphatic heterocycles. The van der Waals surface area contributed by atoms with E-state index in [1.165, 1.54) is 12.0 Å². The second kappa shape index (κ2) is 8.19. The summed E-state index contributed by atoms with van der Waals surface area (Å²) in [4.78, 5) is 21.1. The molecule has 4 rings (SSSR count). The Bertz CT molecular complexity index is 1010. The lowest BCUT2D eigenvalue weighted by molar-refractivity contribution is 0.0648. The highest BCUT2D eigenvalue weighted by Crippen LogP contribution is 2.41. The van der Waals surface area contributed by atoms with Crippen molar-refractivity contribution in [2.24, 2.45) is 4.99 Å². The first-order valence-electron chi connectivity index (χ1n) is 11.0. The summed E-state index contributed by atoms with van der Waals surface area (Å²) in [6.07, 6.45) is 4.96. The third-order valence-electron chi connectivity index (χ3n) is 6.36. The first-order valence-corrected chi connectivity index (χ1v) is 11.4. The molecule has 1 heterocycles. The molecule has 0 aromatic heterocycles. The molecule has 0 saturated heterocycles. The van der Waals surface area contributed by atoms with Crippen LogP contribution in [0.25, 0.3) is 0 Å². The summed E-state index contributed by atoms with van der Waals surface area (Å²) < 4.78 is 5.24. The molecule has 1 fully saturated rings. The quantitative estimate of drug-likeness (QED) is 0.563. The van der Waals surface area contributed by atoms with Gasteiger partial charge in [0.1, 0.15) is 22.1 Å². The maximum atomic E-state index is 13.6. The van der Waals surface area contributed by atoms with Gasteiger partial charge in [-0.3, -0.25) is 14.7 Å². The number of hydrogen-bond donors (Lipinski definition) is 0. The van der Waals surface area contributed by atoms with Crippen molar-refractivity contribution in [3.8, 4) is 5.75 Å². The molecular formula is C26H30N2O2S. The van der Waals surface area contributed by atoms with Crippen molar-refractivity contribution < 1.29 is 9.53 Å². The minimum absolute atomic E-state index is 0.0808. The monoisotopic (exact) mass is 434 g/mol. The first kappa shape index (κ1) is 21.7. The molecule has 0 radical (unpaired) electrons. The number of rotatable bonds is 3. The van der Waals surface area contributed by atoms with Crippen LogP contribution < -0.4 is 4.74 Å². The highest BCUT2D eigenvalue weighted by atomic mass is 32.1. The third-order valence-corrected chi connectivity index (χ3v) is 6.74. The molecule has 0 unspecified atom stereocenters. The second-order valence-electron chi connectivity index (χ2n) is 9.51. The van der Waals surface area contributed by atoms with Crippen LogP contribution in [0.2, 0.25) is 0 Å². The lowest BCUT2D eigenvalue weighted by Crippen LogP contribution is -2.50. The standard InChI is InChI=1S/C26H30N2O2S/c1-25(2,3)20-12-8-18(9-13-20)22-24(31)28(26(27-22)16-6-5-7-17-26)23(29)19-10-14-21(30-4)15-11-19/h8-15H,5-7,16-17H2,1-4H3. The predicted octanol–water partition coefficient (Wildman–Crippen LogP) is 5.93. The van der Waals surface area contributed by atoms with Gasteiger partial charge < -0.3 is 4.74 Å². The van der Waals surface area contributed by atoms with Crippen LogP contribution in [0.3, 0.4) is 0 Å². The Morgan fingerprint density at radius 3 is 2.16 bits per heavy atom. The summed E-state index contributed by atoms with van der Waals surface area (Å²) in [5.74, 6) is 0.642. The molecule has 1 saturated carbocycles. The molecular weight excluding hydrogens is 404 g/mol. The number of nitrogens with zero attached hydrogens (tertiary/aromatic N) is 2. The van der Waals surface area contributed by atoms with E-state index in [9.17, 15) is 4.79 Å². The molecule has 162 valence electrons. The van der Waals surface area contributed by atoms with Crippen molar-refractivity contribution in [3.05, 3.63) is 65.2 Å². The molecule has 4 nitrogen and oxygen atoms in total. The Labute approximate surface area is 190 Å². The maximum Gasteiger partial charge on any atom is 0.260 e. The lowest BCUT2D eigenvalue weighted by atomic mass is 9.86. The number of ether oxygens (including phenoxy) is 1. The minimum Gasteiger partial charge on any atom is -0.497 e. The van der Waals surface area contributed by atoms with Gasteiger partial charge in [-0.25, -0.2) is 0 Å². The van der Waals surface area contributed by atoms with Gasteiger partial charge in [0, 0.05) is 11.1 Å². The molecule has 1 amide bonds. The molecule has 0 bridgehead atoms. The van der Waals surface area contributed by atoms with Gasteiger partial charge in [-0.2, -0.15) is 0 Å². The summed E-state index contributed by atoms with van der Waals surface area (Å²) in [5.41, 5.74) is 3.13. The van der Waals surface area contributed by atoms with Crippen molar-refractivity contribution in [3.63, 3.8) is 0 Å². The first-order chi connectivity index (χ1) is 14.7. The number of benzene rings is 2. The van der Waals surface area contributed by atoms with Crippen LogP contribution in [0.4, 0.5) is 0 Å². The lowest BCUT2D eigenvalue weighted by Gasteiger charge is -2.38. The van der Waals surface area contributed by atoms with Gasteiger partial charge in [0.25, 0.3) is 5.91 Å². The molecule has 31 heavy (non-hydrogen) atoms. The summed E-state index contributed by atoms with van der Waals surface area (Å²) >= 11 is 5.88. The highest BCUT2D eigenvalue weighted by Gasteiger charge is 2.49. The van der Waals surface area contributed by atoms with E-state index in [-0.39, 0.29) is 11.3 Å². The number of methoxy groups -OCH3 is 1. The zero-order chi connectivity index (χ0) is 22.2. The van der Waals surface area contributed by atoms with Gasteiger partial charge in [-0.1, -0.05) is 63.7 Å². The summed E-state index contributed by atoms with van der Waals surface area (Å²) in [6.45, 7) is 6.60. The van der Waals surface area contributed by atoms with E-state index < -0.39 is 5.66 Å². The fraction of sp³-hybridized carbons (Fsp3) is 0.423. The Kier molecular flexibility index (Phi) is 5.73. The Morgan fingerprint density at radius 2 is 1.61 bits per heavy atom. The summed E-state index contributed by atoms with van der Waals surface area (Å²) in [6, 6.07) is 15.7. The smallest absolute Gasteiger partial charge is 0.260 e. The van der Waals surface area contributed by atoms with Crippen molar-refractivity contribution in [1.82, 2.24) is 4.90 Å². The van der Waals surface area contributed by atoms with E-state index in [0.29, 0.717) is 10.6 Å². The number of carbonyl (C=O) groups is 1. The highest BCUT2D eigenvalue weighted by molar-refractivity contribution is 7.82. The topological polar surface area (TPSA) is 41.9 Å². The van der Waals surface area contributed by atoms with Crippen LogP contribution in [0.15, 0.2) is 53.5 Å². The van der Waals surface area contributed by atoms with Gasteiger partial charge in [-0.15, -0.1) is 0 Å². The van der Waals surface area contributed by atoms with E-state index in [0.717, 1.165) is 42.7 Å². The summed E-state index contributed by atoms with van der Waals surface area (Å²) in [7, 11) is 1.62. The summed E-state index contributed by atoms with van der Waals surface area (Å²) in [5, 5.41) is 0. The van der Waals surface area contributed by atoms with E-state index in [2.05, 4.69) is 45.0 Å². The Balaban J connectivity index is 1.71. The zero-order valence-corrected chi connectivity index (χ0v) is 19.6. The molecule has 5 heteroatoms.